The topological polar surface area (TPSA) is 51.3 Å². The molecule has 1 fully saturated rings. The Labute approximate surface area is 140 Å². The number of fused-ring (bicyclic) bond motifs is 1. The lowest BCUT2D eigenvalue weighted by atomic mass is 10.2. The Morgan fingerprint density at radius 3 is 3.00 bits per heavy atom. The molecule has 24 heavy (non-hydrogen) atoms. The fourth-order valence-electron chi connectivity index (χ4n) is 3.42. The Kier molecular flexibility index (Phi) is 3.69. The van der Waals surface area contributed by atoms with Crippen molar-refractivity contribution in [2.75, 3.05) is 13.1 Å². The lowest BCUT2D eigenvalue weighted by molar-refractivity contribution is -0.125. The molecule has 5 nitrogen and oxygen atoms in total. The van der Waals surface area contributed by atoms with Crippen LogP contribution in [0.5, 0.6) is 0 Å². The van der Waals surface area contributed by atoms with Crippen molar-refractivity contribution in [3.05, 3.63) is 60.3 Å². The summed E-state index contributed by atoms with van der Waals surface area (Å²) in [6.07, 6.45) is 5.85. The maximum absolute atomic E-state index is 12.4. The Morgan fingerprint density at radius 1 is 1.29 bits per heavy atom. The first kappa shape index (κ1) is 14.8. The van der Waals surface area contributed by atoms with Gasteiger partial charge in [0.05, 0.1) is 23.3 Å². The SMILES string of the molecule is Cc1nc2ccccc2n1[C@H]1CCN(C(=O)/C=C/c2ccco2)C1. The molecular weight excluding hydrogens is 302 g/mol. The largest absolute Gasteiger partial charge is 0.465 e. The van der Waals surface area contributed by atoms with Crippen LogP contribution in [0.3, 0.4) is 0 Å². The van der Waals surface area contributed by atoms with E-state index in [2.05, 4.69) is 15.6 Å². The molecule has 0 radical (unpaired) electrons. The highest BCUT2D eigenvalue weighted by Gasteiger charge is 2.28. The number of likely N-dealkylation sites (tertiary alicyclic amines) is 1. The summed E-state index contributed by atoms with van der Waals surface area (Å²) in [7, 11) is 0. The molecule has 0 saturated carbocycles. The number of para-hydroxylation sites is 2. The second kappa shape index (κ2) is 6.00. The van der Waals surface area contributed by atoms with Crippen LogP contribution in [0.4, 0.5) is 0 Å². The zero-order valence-electron chi connectivity index (χ0n) is 13.6. The summed E-state index contributed by atoms with van der Waals surface area (Å²) in [6.45, 7) is 3.50. The number of furan rings is 1. The number of aromatic nitrogens is 2. The second-order valence-electron chi connectivity index (χ2n) is 6.09. The molecule has 3 heterocycles. The number of aryl methyl sites for hydroxylation is 1. The van der Waals surface area contributed by atoms with Gasteiger partial charge in [0, 0.05) is 19.2 Å². The van der Waals surface area contributed by atoms with Gasteiger partial charge in [0.25, 0.3) is 0 Å². The molecule has 0 unspecified atom stereocenters. The van der Waals surface area contributed by atoms with Crippen molar-refractivity contribution in [2.24, 2.45) is 0 Å². The first-order valence-corrected chi connectivity index (χ1v) is 8.16. The lowest BCUT2D eigenvalue weighted by Gasteiger charge is -2.17. The summed E-state index contributed by atoms with van der Waals surface area (Å²) in [5.41, 5.74) is 2.15. The van der Waals surface area contributed by atoms with E-state index >= 15 is 0 Å². The third-order valence-electron chi connectivity index (χ3n) is 4.55. The molecule has 1 atom stereocenters. The van der Waals surface area contributed by atoms with E-state index in [1.165, 1.54) is 0 Å². The summed E-state index contributed by atoms with van der Waals surface area (Å²) in [6, 6.07) is 12.1. The lowest BCUT2D eigenvalue weighted by Crippen LogP contribution is -2.27. The van der Waals surface area contributed by atoms with Crippen LogP contribution in [0.2, 0.25) is 0 Å². The third kappa shape index (κ3) is 2.62. The van der Waals surface area contributed by atoms with E-state index < -0.39 is 0 Å². The third-order valence-corrected chi connectivity index (χ3v) is 4.55. The van der Waals surface area contributed by atoms with Crippen molar-refractivity contribution >= 4 is 23.0 Å². The van der Waals surface area contributed by atoms with Gasteiger partial charge in [-0.3, -0.25) is 4.79 Å². The van der Waals surface area contributed by atoms with E-state index in [1.807, 2.05) is 42.2 Å². The van der Waals surface area contributed by atoms with Crippen molar-refractivity contribution in [1.82, 2.24) is 14.5 Å². The van der Waals surface area contributed by atoms with E-state index in [9.17, 15) is 4.79 Å². The summed E-state index contributed by atoms with van der Waals surface area (Å²) < 4.78 is 7.48. The first-order chi connectivity index (χ1) is 11.7. The van der Waals surface area contributed by atoms with Crippen LogP contribution in [0.25, 0.3) is 17.1 Å². The van der Waals surface area contributed by atoms with Crippen molar-refractivity contribution < 1.29 is 9.21 Å². The molecule has 3 aromatic rings. The molecule has 1 aromatic carbocycles. The summed E-state index contributed by atoms with van der Waals surface area (Å²) in [4.78, 5) is 18.9. The zero-order valence-corrected chi connectivity index (χ0v) is 13.6. The van der Waals surface area contributed by atoms with E-state index in [0.29, 0.717) is 12.3 Å². The van der Waals surface area contributed by atoms with Gasteiger partial charge in [-0.15, -0.1) is 0 Å². The Hall–Kier alpha value is -2.82. The van der Waals surface area contributed by atoms with Gasteiger partial charge in [-0.1, -0.05) is 12.1 Å². The number of rotatable bonds is 3. The standard InChI is InChI=1S/C19H19N3O2/c1-14-20-17-6-2-3-7-18(17)22(14)15-10-11-21(13-15)19(23)9-8-16-5-4-12-24-16/h2-9,12,15H,10-11,13H2,1H3/b9-8+/t15-/m0/s1. The van der Waals surface area contributed by atoms with Crippen LogP contribution in [0.15, 0.2) is 53.2 Å². The molecule has 0 N–H and O–H groups in total. The molecule has 122 valence electrons. The average molecular weight is 321 g/mol. The van der Waals surface area contributed by atoms with Gasteiger partial charge in [0.1, 0.15) is 11.6 Å². The van der Waals surface area contributed by atoms with Gasteiger partial charge in [-0.25, -0.2) is 4.98 Å². The van der Waals surface area contributed by atoms with Crippen molar-refractivity contribution in [3.8, 4) is 0 Å². The van der Waals surface area contributed by atoms with Crippen LogP contribution in [-0.4, -0.2) is 33.4 Å². The first-order valence-electron chi connectivity index (χ1n) is 8.16. The smallest absolute Gasteiger partial charge is 0.246 e. The predicted molar refractivity (Wildman–Crippen MR) is 92.4 cm³/mol. The summed E-state index contributed by atoms with van der Waals surface area (Å²) >= 11 is 0. The van der Waals surface area contributed by atoms with Crippen LogP contribution in [-0.2, 0) is 4.79 Å². The van der Waals surface area contributed by atoms with Gasteiger partial charge >= 0.3 is 0 Å². The van der Waals surface area contributed by atoms with E-state index in [-0.39, 0.29) is 11.9 Å². The number of carbonyl (C=O) groups is 1. The molecule has 5 heteroatoms. The van der Waals surface area contributed by atoms with E-state index in [4.69, 9.17) is 4.42 Å². The van der Waals surface area contributed by atoms with Gasteiger partial charge in [0.15, 0.2) is 0 Å². The number of hydrogen-bond acceptors (Lipinski definition) is 3. The molecule has 1 amide bonds. The number of nitrogens with zero attached hydrogens (tertiary/aromatic N) is 3. The molecular formula is C19H19N3O2. The average Bonchev–Trinajstić information content (AvgIpc) is 3.31. The van der Waals surface area contributed by atoms with Crippen molar-refractivity contribution in [2.45, 2.75) is 19.4 Å². The van der Waals surface area contributed by atoms with E-state index in [1.54, 1.807) is 18.4 Å². The van der Waals surface area contributed by atoms with Gasteiger partial charge in [-0.05, 0) is 43.7 Å². The highest BCUT2D eigenvalue weighted by molar-refractivity contribution is 5.91. The van der Waals surface area contributed by atoms with E-state index in [0.717, 1.165) is 29.8 Å². The van der Waals surface area contributed by atoms with Gasteiger partial charge in [-0.2, -0.15) is 0 Å². The minimum absolute atomic E-state index is 0.0240. The summed E-state index contributed by atoms with van der Waals surface area (Å²) in [5, 5.41) is 0. The van der Waals surface area contributed by atoms with Crippen LogP contribution >= 0.6 is 0 Å². The molecule has 0 aliphatic carbocycles. The number of benzene rings is 1. The molecule has 1 aliphatic rings. The number of hydrogen-bond donors (Lipinski definition) is 0. The predicted octanol–water partition coefficient (Wildman–Crippen LogP) is 3.42. The van der Waals surface area contributed by atoms with Gasteiger partial charge < -0.3 is 13.9 Å². The Bertz CT molecular complexity index is 893. The Balaban J connectivity index is 1.51. The highest BCUT2D eigenvalue weighted by atomic mass is 16.3. The van der Waals surface area contributed by atoms with Crippen molar-refractivity contribution in [1.29, 1.82) is 0 Å². The second-order valence-corrected chi connectivity index (χ2v) is 6.09. The fraction of sp³-hybridized carbons (Fsp3) is 0.263. The van der Waals surface area contributed by atoms with Crippen LogP contribution < -0.4 is 0 Å². The molecule has 1 aliphatic heterocycles. The quantitative estimate of drug-likeness (QED) is 0.695. The number of amides is 1. The number of carbonyl (C=O) groups excluding carboxylic acids is 1. The maximum atomic E-state index is 12.4. The molecule has 0 spiro atoms. The molecule has 1 saturated heterocycles. The van der Waals surface area contributed by atoms with Crippen molar-refractivity contribution in [3.63, 3.8) is 0 Å². The minimum Gasteiger partial charge on any atom is -0.465 e. The summed E-state index contributed by atoms with van der Waals surface area (Å²) in [5.74, 6) is 1.72. The molecule has 2 aromatic heterocycles. The monoisotopic (exact) mass is 321 g/mol. The molecule has 0 bridgehead atoms. The maximum Gasteiger partial charge on any atom is 0.246 e. The highest BCUT2D eigenvalue weighted by Crippen LogP contribution is 2.28. The van der Waals surface area contributed by atoms with Crippen LogP contribution in [0, 0.1) is 6.92 Å². The Morgan fingerprint density at radius 2 is 2.17 bits per heavy atom. The fourth-order valence-corrected chi connectivity index (χ4v) is 3.42. The molecule has 4 rings (SSSR count). The zero-order chi connectivity index (χ0) is 16.5. The normalized spacial score (nSPS) is 18.0. The minimum atomic E-state index is 0.0240. The van der Waals surface area contributed by atoms with Gasteiger partial charge in [0.2, 0.25) is 5.91 Å². The number of imidazole rings is 1. The van der Waals surface area contributed by atoms with Crippen LogP contribution in [0.1, 0.15) is 24.0 Å².